The van der Waals surface area contributed by atoms with Crippen LogP contribution in [-0.4, -0.2) is 57.3 Å². The fraction of sp³-hybridized carbons (Fsp3) is 0.761. The lowest BCUT2D eigenvalue weighted by Crippen LogP contribution is -2.69. The van der Waals surface area contributed by atoms with Crippen LogP contribution in [-0.2, 0) is 20.8 Å². The average molecular weight is 758 g/mol. The molecular weight excluding hydrogens is 687 g/mol. The van der Waals surface area contributed by atoms with E-state index in [4.69, 9.17) is 31.0 Å². The van der Waals surface area contributed by atoms with Gasteiger partial charge < -0.3 is 26.0 Å². The minimum atomic E-state index is -0.626. The second-order valence-electron chi connectivity index (χ2n) is 21.4. The van der Waals surface area contributed by atoms with Gasteiger partial charge >= 0.3 is 5.97 Å². The van der Waals surface area contributed by atoms with Gasteiger partial charge in [0.1, 0.15) is 6.33 Å². The average Bonchev–Trinajstić information content (AvgIpc) is 3.60. The summed E-state index contributed by atoms with van der Waals surface area (Å²) in [5, 5.41) is 16.2. The molecule has 55 heavy (non-hydrogen) atoms. The van der Waals surface area contributed by atoms with E-state index in [1.54, 1.807) is 6.33 Å². The standard InChI is InChI=1S/C46H71N5O4/c1-28(2)29(3)41(7)20-21-43(9)32-16-17-35-42(8)24-54-26-46(35,33(32)18-19-44(43,10)36(41)39(52)53)22-34(37(42)55-25-45(11,48)40(4,5)6)51-38(49-27-50-51)31-14-12-30(23-47)13-15-31/h12-15,18,27-29,32,34-37H,16-17,19-26,47-48H2,1-11H3,(H,52,53)/t29-,32+,34?,35+,36-,37+,41-,42-,43-,44+,45+,46+/m1/s1. The summed E-state index contributed by atoms with van der Waals surface area (Å²) >= 11 is 0. The zero-order valence-corrected chi connectivity index (χ0v) is 35.7. The summed E-state index contributed by atoms with van der Waals surface area (Å²) in [4.78, 5) is 18.5. The lowest BCUT2D eigenvalue weighted by molar-refractivity contribution is -0.253. The number of nitrogens with zero attached hydrogens (tertiary/aromatic N) is 3. The number of hydrogen-bond donors (Lipinski definition) is 3. The third-order valence-corrected chi connectivity index (χ3v) is 17.7. The van der Waals surface area contributed by atoms with E-state index in [2.05, 4.69) is 111 Å². The van der Waals surface area contributed by atoms with Gasteiger partial charge in [0.05, 0.1) is 37.9 Å². The van der Waals surface area contributed by atoms with Crippen LogP contribution in [0.25, 0.3) is 11.4 Å². The first-order chi connectivity index (χ1) is 25.6. The molecule has 5 aliphatic rings. The van der Waals surface area contributed by atoms with E-state index < -0.39 is 17.4 Å². The van der Waals surface area contributed by atoms with Crippen molar-refractivity contribution in [1.82, 2.24) is 14.8 Å². The van der Waals surface area contributed by atoms with Crippen molar-refractivity contribution >= 4 is 5.97 Å². The normalized spacial score (nSPS) is 40.3. The zero-order valence-electron chi connectivity index (χ0n) is 35.7. The first kappa shape index (κ1) is 40.6. The molecule has 1 aromatic heterocycles. The summed E-state index contributed by atoms with van der Waals surface area (Å²) in [7, 11) is 0. The molecule has 7 rings (SSSR count). The Hall–Kier alpha value is -2.59. The Bertz CT molecular complexity index is 1800. The maximum absolute atomic E-state index is 13.6. The van der Waals surface area contributed by atoms with Gasteiger partial charge in [-0.05, 0) is 96.3 Å². The predicted octanol–water partition coefficient (Wildman–Crippen LogP) is 8.68. The monoisotopic (exact) mass is 758 g/mol. The van der Waals surface area contributed by atoms with Gasteiger partial charge in [-0.15, -0.1) is 0 Å². The van der Waals surface area contributed by atoms with E-state index >= 15 is 0 Å². The zero-order chi connectivity index (χ0) is 40.1. The highest BCUT2D eigenvalue weighted by Crippen LogP contribution is 2.75. The van der Waals surface area contributed by atoms with Gasteiger partial charge in [0.2, 0.25) is 0 Å². The number of carboxylic acid groups (broad SMARTS) is 1. The first-order valence-corrected chi connectivity index (χ1v) is 21.2. The molecule has 0 spiro atoms. The fourth-order valence-electron chi connectivity index (χ4n) is 13.1. The highest BCUT2D eigenvalue weighted by Gasteiger charge is 2.72. The predicted molar refractivity (Wildman–Crippen MR) is 218 cm³/mol. The Kier molecular flexibility index (Phi) is 9.96. The van der Waals surface area contributed by atoms with Crippen molar-refractivity contribution in [2.24, 2.45) is 73.5 Å². The van der Waals surface area contributed by atoms with E-state index in [0.717, 1.165) is 55.5 Å². The fourth-order valence-corrected chi connectivity index (χ4v) is 13.1. The Balaban J connectivity index is 1.35. The van der Waals surface area contributed by atoms with Crippen molar-refractivity contribution in [3.8, 4) is 11.4 Å². The maximum Gasteiger partial charge on any atom is 0.307 e. The number of allylic oxidation sites excluding steroid dienone is 1. The number of nitrogens with two attached hydrogens (primary N) is 2. The molecule has 5 N–H and O–H groups in total. The number of ether oxygens (including phenoxy) is 2. The molecule has 304 valence electrons. The molecule has 4 aliphatic carbocycles. The molecule has 9 nitrogen and oxygen atoms in total. The van der Waals surface area contributed by atoms with Crippen LogP contribution >= 0.6 is 0 Å². The van der Waals surface area contributed by atoms with Crippen LogP contribution in [0.5, 0.6) is 0 Å². The molecule has 0 radical (unpaired) electrons. The Morgan fingerprint density at radius 3 is 2.35 bits per heavy atom. The van der Waals surface area contributed by atoms with Crippen molar-refractivity contribution in [1.29, 1.82) is 0 Å². The number of aliphatic carboxylic acids is 1. The molecule has 1 aliphatic heterocycles. The number of hydrogen-bond acceptors (Lipinski definition) is 7. The molecule has 1 saturated heterocycles. The number of fused-ring (bicyclic) bond motifs is 3. The van der Waals surface area contributed by atoms with E-state index in [-0.39, 0.29) is 50.6 Å². The second kappa shape index (κ2) is 13.5. The Morgan fingerprint density at radius 2 is 1.73 bits per heavy atom. The van der Waals surface area contributed by atoms with Crippen LogP contribution in [0.15, 0.2) is 42.2 Å². The molecule has 3 saturated carbocycles. The smallest absolute Gasteiger partial charge is 0.307 e. The molecule has 2 aromatic rings. The van der Waals surface area contributed by atoms with Gasteiger partial charge in [-0.1, -0.05) is 105 Å². The Labute approximate surface area is 330 Å². The summed E-state index contributed by atoms with van der Waals surface area (Å²) in [5.74, 6) is 1.10. The van der Waals surface area contributed by atoms with Crippen molar-refractivity contribution in [3.05, 3.63) is 47.8 Å². The minimum Gasteiger partial charge on any atom is -0.481 e. The second-order valence-corrected chi connectivity index (χ2v) is 21.4. The molecule has 0 amide bonds. The Morgan fingerprint density at radius 1 is 1.04 bits per heavy atom. The van der Waals surface area contributed by atoms with Gasteiger partial charge in [0.25, 0.3) is 0 Å². The SMILES string of the molecule is CC(C)[C@@H](C)[C@@]1(C)CC[C@]2(C)[C@H]3CC[C@@H]4[C@@]5(COC[C@@]4(C)[C@@H](OC[C@](C)(N)C(C)(C)C)C(n4ncnc4-c4ccc(CN)cc4)C5)C3=CC[C@@]2(C)[C@@H]1C(=O)O. The highest BCUT2D eigenvalue weighted by molar-refractivity contribution is 5.73. The molecule has 4 fully saturated rings. The van der Waals surface area contributed by atoms with Gasteiger partial charge in [0.15, 0.2) is 5.82 Å². The van der Waals surface area contributed by atoms with Gasteiger partial charge in [-0.3, -0.25) is 4.79 Å². The molecule has 12 atom stereocenters. The van der Waals surface area contributed by atoms with Crippen molar-refractivity contribution in [2.75, 3.05) is 19.8 Å². The molecule has 1 unspecified atom stereocenters. The van der Waals surface area contributed by atoms with E-state index in [1.165, 1.54) is 5.57 Å². The van der Waals surface area contributed by atoms with Crippen molar-refractivity contribution in [3.63, 3.8) is 0 Å². The van der Waals surface area contributed by atoms with Gasteiger partial charge in [0, 0.05) is 28.5 Å². The van der Waals surface area contributed by atoms with Crippen LogP contribution in [0, 0.1) is 62.1 Å². The maximum atomic E-state index is 13.6. The topological polar surface area (TPSA) is 139 Å². The number of aromatic nitrogens is 3. The van der Waals surface area contributed by atoms with Crippen molar-refractivity contribution in [2.45, 2.75) is 139 Å². The lowest BCUT2D eigenvalue weighted by Gasteiger charge is -2.71. The number of rotatable bonds is 9. The molecule has 2 bridgehead atoms. The lowest BCUT2D eigenvalue weighted by atomic mass is 9.34. The summed E-state index contributed by atoms with van der Waals surface area (Å²) in [6, 6.07) is 8.22. The van der Waals surface area contributed by atoms with Crippen molar-refractivity contribution < 1.29 is 19.4 Å². The largest absolute Gasteiger partial charge is 0.481 e. The third-order valence-electron chi connectivity index (χ3n) is 17.7. The van der Waals surface area contributed by atoms with Gasteiger partial charge in [-0.2, -0.15) is 5.10 Å². The van der Waals surface area contributed by atoms with Crippen LogP contribution < -0.4 is 11.5 Å². The molecular formula is C46H71N5O4. The quantitative estimate of drug-likeness (QED) is 0.216. The minimum absolute atomic E-state index is 0.123. The van der Waals surface area contributed by atoms with Crippen LogP contribution in [0.4, 0.5) is 0 Å². The summed E-state index contributed by atoms with van der Waals surface area (Å²) in [6.07, 6.45) is 9.64. The summed E-state index contributed by atoms with van der Waals surface area (Å²) in [6.45, 7) is 27.1. The van der Waals surface area contributed by atoms with E-state index in [0.29, 0.717) is 44.1 Å². The number of benzene rings is 1. The van der Waals surface area contributed by atoms with Crippen LogP contribution in [0.1, 0.15) is 126 Å². The van der Waals surface area contributed by atoms with Crippen LogP contribution in [0.2, 0.25) is 0 Å². The first-order valence-electron chi connectivity index (χ1n) is 21.2. The van der Waals surface area contributed by atoms with E-state index in [1.807, 2.05) is 0 Å². The number of carboxylic acids is 1. The highest BCUT2D eigenvalue weighted by atomic mass is 16.5. The number of carbonyl (C=O) groups is 1. The molecule has 9 heteroatoms. The molecule has 1 aromatic carbocycles. The summed E-state index contributed by atoms with van der Waals surface area (Å²) < 4.78 is 16.2. The van der Waals surface area contributed by atoms with E-state index in [9.17, 15) is 9.90 Å². The third kappa shape index (κ3) is 5.86. The van der Waals surface area contributed by atoms with Gasteiger partial charge in [-0.25, -0.2) is 9.67 Å². The molecule has 2 heterocycles. The van der Waals surface area contributed by atoms with Crippen LogP contribution in [0.3, 0.4) is 0 Å². The summed E-state index contributed by atoms with van der Waals surface area (Å²) in [5.41, 5.74) is 14.5.